The Morgan fingerprint density at radius 3 is 1.98 bits per heavy atom. The second kappa shape index (κ2) is 14.4. The van der Waals surface area contributed by atoms with Crippen LogP contribution < -0.4 is 4.42 Å². The van der Waals surface area contributed by atoms with E-state index in [1.54, 1.807) is 65.2 Å². The summed E-state index contributed by atoms with van der Waals surface area (Å²) in [6.07, 6.45) is 0.286. The predicted molar refractivity (Wildman–Crippen MR) is 167 cm³/mol. The number of ether oxygens (including phenoxy) is 1. The van der Waals surface area contributed by atoms with E-state index in [0.717, 1.165) is 4.42 Å². The van der Waals surface area contributed by atoms with Crippen molar-refractivity contribution in [2.75, 3.05) is 11.5 Å². The van der Waals surface area contributed by atoms with Crippen molar-refractivity contribution in [3.63, 3.8) is 0 Å². The lowest BCUT2D eigenvalue weighted by molar-refractivity contribution is -0.143. The Morgan fingerprint density at radius 1 is 0.909 bits per heavy atom. The van der Waals surface area contributed by atoms with Gasteiger partial charge in [-0.3, -0.25) is 9.59 Å². The van der Waals surface area contributed by atoms with Crippen LogP contribution in [0.5, 0.6) is 0 Å². The number of aliphatic hydroxyl groups excluding tert-OH is 2. The molecule has 3 aromatic carbocycles. The first-order chi connectivity index (χ1) is 21.0. The molecule has 0 bridgehead atoms. The summed E-state index contributed by atoms with van der Waals surface area (Å²) in [6, 6.07) is 19.7. The second-order valence-electron chi connectivity index (χ2n) is 10.5. The van der Waals surface area contributed by atoms with Crippen LogP contribution in [-0.4, -0.2) is 46.0 Å². The van der Waals surface area contributed by atoms with E-state index in [1.165, 1.54) is 37.5 Å². The summed E-state index contributed by atoms with van der Waals surface area (Å²) in [4.78, 5) is 25.8. The molecule has 0 spiro atoms. The van der Waals surface area contributed by atoms with Crippen molar-refractivity contribution >= 4 is 35.4 Å². The topological polar surface area (TPSA) is 92.0 Å². The van der Waals surface area contributed by atoms with Crippen LogP contribution >= 0.6 is 11.8 Å². The van der Waals surface area contributed by atoms with Gasteiger partial charge in [0.05, 0.1) is 31.4 Å². The number of para-hydroxylation sites is 1. The number of benzene rings is 3. The van der Waals surface area contributed by atoms with Gasteiger partial charge in [-0.05, 0) is 67.4 Å². The highest BCUT2D eigenvalue weighted by molar-refractivity contribution is 6.40. The van der Waals surface area contributed by atoms with E-state index in [-0.39, 0.29) is 24.6 Å². The van der Waals surface area contributed by atoms with Gasteiger partial charge < -0.3 is 19.5 Å². The average Bonchev–Trinajstić information content (AvgIpc) is 3.35. The highest BCUT2D eigenvalue weighted by atomic mass is 35.5. The van der Waals surface area contributed by atoms with Crippen molar-refractivity contribution in [1.29, 1.82) is 0 Å². The van der Waals surface area contributed by atoms with Crippen LogP contribution in [0.1, 0.15) is 48.9 Å². The predicted octanol–water partition coefficient (Wildman–Crippen LogP) is 7.17. The zero-order valence-corrected chi connectivity index (χ0v) is 25.2. The second-order valence-corrected chi connectivity index (χ2v) is 10.8. The Morgan fingerprint density at radius 2 is 1.45 bits per heavy atom. The number of nitrogens with zero attached hydrogens (tertiary/aromatic N) is 2. The molecule has 230 valence electrons. The molecule has 0 aliphatic heterocycles. The molecule has 0 aliphatic rings. The number of carbonyl (C=O) groups is 2. The molecule has 0 radical (unpaired) electrons. The number of hydrogen-bond donors (Lipinski definition) is 2. The zero-order valence-electron chi connectivity index (χ0n) is 24.5. The minimum atomic E-state index is -1.17. The quantitative estimate of drug-likeness (QED) is 0.137. The molecular weight excluding hydrogens is 590 g/mol. The van der Waals surface area contributed by atoms with Crippen LogP contribution in [0.2, 0.25) is 0 Å². The normalized spacial score (nSPS) is 12.8. The number of methoxy groups -OCH3 is 1. The first-order valence-electron chi connectivity index (χ1n) is 14.0. The molecular formula is C34H33ClF2N2O5. The molecule has 1 aromatic heterocycles. The van der Waals surface area contributed by atoms with Crippen LogP contribution in [0.15, 0.2) is 84.9 Å². The van der Waals surface area contributed by atoms with E-state index in [9.17, 15) is 28.6 Å². The van der Waals surface area contributed by atoms with Crippen LogP contribution in [0, 0.1) is 11.6 Å². The van der Waals surface area contributed by atoms with E-state index >= 15 is 0 Å². The number of carbonyl (C=O) groups excluding carboxylic acids is 2. The average molecular weight is 623 g/mol. The molecule has 7 nitrogen and oxygen atoms in total. The number of aromatic nitrogens is 1. The third-order valence-electron chi connectivity index (χ3n) is 7.01. The maximum Gasteiger partial charge on any atom is 0.308 e. The molecule has 2 atom stereocenters. The molecule has 2 N–H and O–H groups in total. The van der Waals surface area contributed by atoms with Gasteiger partial charge in [-0.25, -0.2) is 13.2 Å². The lowest BCUT2D eigenvalue weighted by atomic mass is 9.94. The summed E-state index contributed by atoms with van der Waals surface area (Å²) in [5.41, 5.74) is 3.10. The van der Waals surface area contributed by atoms with Gasteiger partial charge in [0.2, 0.25) is 0 Å². The molecule has 2 unspecified atom stereocenters. The number of hydrogen-bond acceptors (Lipinski definition) is 5. The van der Waals surface area contributed by atoms with Crippen LogP contribution in [0.25, 0.3) is 28.3 Å². The smallest absolute Gasteiger partial charge is 0.308 e. The van der Waals surface area contributed by atoms with Gasteiger partial charge in [-0.15, -0.1) is 0 Å². The summed E-state index contributed by atoms with van der Waals surface area (Å²) < 4.78 is 35.5. The monoisotopic (exact) mass is 622 g/mol. The van der Waals surface area contributed by atoms with E-state index < -0.39 is 35.7 Å². The minimum Gasteiger partial charge on any atom is -0.469 e. The molecule has 0 saturated carbocycles. The molecule has 0 aliphatic carbocycles. The Balaban J connectivity index is 1.98. The van der Waals surface area contributed by atoms with Crippen molar-refractivity contribution in [3.8, 4) is 22.3 Å². The number of esters is 1. The van der Waals surface area contributed by atoms with Crippen LogP contribution in [-0.2, 0) is 9.53 Å². The Kier molecular flexibility index (Phi) is 10.7. The zero-order chi connectivity index (χ0) is 32.0. The molecule has 4 rings (SSSR count). The highest BCUT2D eigenvalue weighted by Gasteiger charge is 2.32. The first kappa shape index (κ1) is 32.6. The SMILES string of the molecule is COC(=O)CC(O)CC(O)C=Cc1c(-c2ccc(F)cc2)c(-c2ccc(F)cc2)c(C(=O)N(Cl)c2ccccc2)n1C(C)C. The van der Waals surface area contributed by atoms with Crippen molar-refractivity contribution in [2.45, 2.75) is 44.9 Å². The number of halogens is 3. The van der Waals surface area contributed by atoms with Gasteiger partial charge in [0.25, 0.3) is 5.91 Å². The maximum absolute atomic E-state index is 14.3. The summed E-state index contributed by atoms with van der Waals surface area (Å²) in [7, 11) is 1.21. The summed E-state index contributed by atoms with van der Waals surface area (Å²) in [6.45, 7) is 3.74. The fourth-order valence-corrected chi connectivity index (χ4v) is 5.20. The van der Waals surface area contributed by atoms with E-state index in [2.05, 4.69) is 4.74 Å². The molecule has 0 saturated heterocycles. The molecule has 4 aromatic rings. The standard InChI is InChI=1S/C34H33ClF2N2O5/c1-21(2)38-29(18-17-27(40)19-28(41)20-30(42)44-3)31(22-9-13-24(36)14-10-22)32(23-11-15-25(37)16-12-23)33(38)34(43)39(35)26-7-5-4-6-8-26/h4-18,21,27-28,40-41H,19-20H2,1-3H3. The largest absolute Gasteiger partial charge is 0.469 e. The Labute approximate surface area is 259 Å². The highest BCUT2D eigenvalue weighted by Crippen LogP contribution is 2.43. The molecule has 44 heavy (non-hydrogen) atoms. The molecule has 0 fully saturated rings. The Bertz CT molecular complexity index is 1620. The van der Waals surface area contributed by atoms with E-state index in [1.807, 2.05) is 13.8 Å². The third kappa shape index (κ3) is 7.42. The molecule has 1 heterocycles. The van der Waals surface area contributed by atoms with E-state index in [4.69, 9.17) is 11.8 Å². The van der Waals surface area contributed by atoms with Crippen molar-refractivity contribution in [1.82, 2.24) is 4.57 Å². The summed E-state index contributed by atoms with van der Waals surface area (Å²) in [5.74, 6) is -2.11. The number of aliphatic hydroxyl groups is 2. The molecule has 1 amide bonds. The van der Waals surface area contributed by atoms with Crippen molar-refractivity contribution < 1.29 is 33.3 Å². The van der Waals surface area contributed by atoms with Gasteiger partial charge >= 0.3 is 5.97 Å². The van der Waals surface area contributed by atoms with Gasteiger partial charge in [0.1, 0.15) is 17.3 Å². The third-order valence-corrected chi connectivity index (χ3v) is 7.36. The number of anilines is 1. The maximum atomic E-state index is 14.3. The van der Waals surface area contributed by atoms with E-state index in [0.29, 0.717) is 33.6 Å². The van der Waals surface area contributed by atoms with Gasteiger partial charge in [0.15, 0.2) is 0 Å². The van der Waals surface area contributed by atoms with Gasteiger partial charge in [-0.1, -0.05) is 48.5 Å². The minimum absolute atomic E-state index is 0.153. The van der Waals surface area contributed by atoms with Crippen LogP contribution in [0.4, 0.5) is 14.5 Å². The van der Waals surface area contributed by atoms with Crippen LogP contribution in [0.3, 0.4) is 0 Å². The first-order valence-corrected chi connectivity index (χ1v) is 14.3. The van der Waals surface area contributed by atoms with Gasteiger partial charge in [0, 0.05) is 41.1 Å². The fourth-order valence-electron chi connectivity index (χ4n) is 5.01. The molecule has 10 heteroatoms. The summed E-state index contributed by atoms with van der Waals surface area (Å²) >= 11 is 6.66. The number of rotatable bonds is 11. The van der Waals surface area contributed by atoms with Gasteiger partial charge in [-0.2, -0.15) is 0 Å². The fraction of sp³-hybridized carbons (Fsp3) is 0.235. The lowest BCUT2D eigenvalue weighted by Gasteiger charge is -2.20. The lowest BCUT2D eigenvalue weighted by Crippen LogP contribution is -2.25. The van der Waals surface area contributed by atoms with Crippen molar-refractivity contribution in [2.24, 2.45) is 0 Å². The van der Waals surface area contributed by atoms with Crippen molar-refractivity contribution in [3.05, 3.63) is 108 Å². The summed E-state index contributed by atoms with van der Waals surface area (Å²) in [5, 5.41) is 21.0. The number of amides is 1. The Hall–Kier alpha value is -4.31.